The van der Waals surface area contributed by atoms with Crippen molar-refractivity contribution in [3.05, 3.63) is 52.0 Å². The van der Waals surface area contributed by atoms with Gasteiger partial charge in [0, 0.05) is 21.8 Å². The Morgan fingerprint density at radius 1 is 1.22 bits per heavy atom. The topological polar surface area (TPSA) is 59.8 Å². The average Bonchev–Trinajstić information content (AvgIpc) is 2.94. The second-order valence-corrected chi connectivity index (χ2v) is 6.60. The van der Waals surface area contributed by atoms with Gasteiger partial charge < -0.3 is 5.32 Å². The van der Waals surface area contributed by atoms with Crippen LogP contribution in [0.4, 0.5) is 5.69 Å². The maximum absolute atomic E-state index is 12.4. The number of rotatable bonds is 3. The quantitative estimate of drug-likeness (QED) is 0.743. The van der Waals surface area contributed by atoms with Gasteiger partial charge in [-0.15, -0.1) is 5.10 Å². The van der Waals surface area contributed by atoms with Gasteiger partial charge in [0.2, 0.25) is 0 Å². The van der Waals surface area contributed by atoms with E-state index < -0.39 is 0 Å². The Morgan fingerprint density at radius 2 is 2.00 bits per heavy atom. The molecule has 0 fully saturated rings. The molecule has 0 aliphatic heterocycles. The van der Waals surface area contributed by atoms with Crippen LogP contribution in [-0.2, 0) is 0 Å². The molecule has 1 N–H and O–H groups in total. The van der Waals surface area contributed by atoms with E-state index in [1.54, 1.807) is 12.1 Å². The molecule has 1 amide bonds. The monoisotopic (exact) mass is 372 g/mol. The van der Waals surface area contributed by atoms with Gasteiger partial charge in [0.1, 0.15) is 5.52 Å². The van der Waals surface area contributed by atoms with Crippen molar-refractivity contribution in [3.8, 4) is 0 Å². The first kappa shape index (κ1) is 15.7. The van der Waals surface area contributed by atoms with Crippen molar-refractivity contribution in [2.45, 2.75) is 26.8 Å². The third kappa shape index (κ3) is 3.12. The van der Waals surface area contributed by atoms with Gasteiger partial charge in [0.05, 0.1) is 5.52 Å². The number of nitrogens with one attached hydrogen (secondary N) is 1. The number of nitrogens with zero attached hydrogens (tertiary/aromatic N) is 3. The number of hydrogen-bond donors (Lipinski definition) is 1. The van der Waals surface area contributed by atoms with E-state index in [2.05, 4.69) is 31.6 Å². The molecule has 3 aromatic rings. The zero-order valence-electron chi connectivity index (χ0n) is 13.2. The Kier molecular flexibility index (Phi) is 4.17. The molecule has 5 nitrogen and oxygen atoms in total. The Bertz CT molecular complexity index is 885. The number of carbonyl (C=O) groups excluding carboxylic acids is 1. The van der Waals surface area contributed by atoms with Crippen LogP contribution in [-0.4, -0.2) is 20.9 Å². The summed E-state index contributed by atoms with van der Waals surface area (Å²) in [5.41, 5.74) is 4.04. The first-order chi connectivity index (χ1) is 11.0. The highest BCUT2D eigenvalue weighted by Crippen LogP contribution is 2.21. The van der Waals surface area contributed by atoms with Crippen molar-refractivity contribution < 1.29 is 4.79 Å². The van der Waals surface area contributed by atoms with Crippen molar-refractivity contribution in [3.63, 3.8) is 0 Å². The molecule has 2 aromatic carbocycles. The number of benzene rings is 2. The molecule has 6 heteroatoms. The Hall–Kier alpha value is -2.21. The first-order valence-corrected chi connectivity index (χ1v) is 8.17. The van der Waals surface area contributed by atoms with Gasteiger partial charge in [-0.1, -0.05) is 21.1 Å². The summed E-state index contributed by atoms with van der Waals surface area (Å²) in [6, 6.07) is 11.4. The van der Waals surface area contributed by atoms with Crippen LogP contribution in [0.1, 0.15) is 35.8 Å². The number of carbonyl (C=O) groups is 1. The summed E-state index contributed by atoms with van der Waals surface area (Å²) in [4.78, 5) is 12.4. The molecule has 0 saturated carbocycles. The number of fused-ring (bicyclic) bond motifs is 1. The second-order valence-electron chi connectivity index (χ2n) is 5.75. The van der Waals surface area contributed by atoms with Gasteiger partial charge in [-0.05, 0) is 62.7 Å². The normalized spacial score (nSPS) is 11.2. The zero-order valence-corrected chi connectivity index (χ0v) is 14.8. The molecule has 0 aliphatic carbocycles. The Labute approximate surface area is 142 Å². The maximum Gasteiger partial charge on any atom is 0.255 e. The van der Waals surface area contributed by atoms with Crippen molar-refractivity contribution in [1.82, 2.24) is 15.0 Å². The summed E-state index contributed by atoms with van der Waals surface area (Å²) in [5.74, 6) is -0.160. The highest BCUT2D eigenvalue weighted by atomic mass is 79.9. The molecule has 1 aromatic heterocycles. The minimum Gasteiger partial charge on any atom is -0.322 e. The Balaban J connectivity index is 1.87. The lowest BCUT2D eigenvalue weighted by atomic mass is 10.1. The predicted molar refractivity (Wildman–Crippen MR) is 94.7 cm³/mol. The summed E-state index contributed by atoms with van der Waals surface area (Å²) in [5, 5.41) is 11.2. The second kappa shape index (κ2) is 6.12. The van der Waals surface area contributed by atoms with Gasteiger partial charge in [-0.3, -0.25) is 4.79 Å². The number of anilines is 1. The number of hydrogen-bond acceptors (Lipinski definition) is 3. The van der Waals surface area contributed by atoms with E-state index >= 15 is 0 Å². The summed E-state index contributed by atoms with van der Waals surface area (Å²) < 4.78 is 2.86. The Morgan fingerprint density at radius 3 is 2.70 bits per heavy atom. The van der Waals surface area contributed by atoms with Crippen LogP contribution in [0.25, 0.3) is 11.0 Å². The van der Waals surface area contributed by atoms with E-state index in [1.807, 2.05) is 49.7 Å². The zero-order chi connectivity index (χ0) is 16.6. The number of halogens is 1. The molecule has 118 valence electrons. The minimum absolute atomic E-state index is 0.160. The van der Waals surface area contributed by atoms with Crippen LogP contribution >= 0.6 is 15.9 Å². The van der Waals surface area contributed by atoms with E-state index in [4.69, 9.17) is 0 Å². The third-order valence-corrected chi connectivity index (χ3v) is 4.53. The van der Waals surface area contributed by atoms with Gasteiger partial charge >= 0.3 is 0 Å². The molecular formula is C17H17BrN4O. The fourth-order valence-corrected chi connectivity index (χ4v) is 2.64. The molecule has 0 bridgehead atoms. The fraction of sp³-hybridized carbons (Fsp3) is 0.235. The molecule has 0 atom stereocenters. The summed E-state index contributed by atoms with van der Waals surface area (Å²) in [6.45, 7) is 6.07. The van der Waals surface area contributed by atoms with Crippen LogP contribution in [0, 0.1) is 6.92 Å². The lowest BCUT2D eigenvalue weighted by Crippen LogP contribution is -2.12. The molecular weight excluding hydrogens is 356 g/mol. The molecule has 0 unspecified atom stereocenters. The van der Waals surface area contributed by atoms with Crippen molar-refractivity contribution in [1.29, 1.82) is 0 Å². The van der Waals surface area contributed by atoms with Gasteiger partial charge in [0.15, 0.2) is 0 Å². The third-order valence-electron chi connectivity index (χ3n) is 3.64. The molecule has 1 heterocycles. The summed E-state index contributed by atoms with van der Waals surface area (Å²) >= 11 is 3.45. The molecule has 0 radical (unpaired) electrons. The van der Waals surface area contributed by atoms with Crippen LogP contribution < -0.4 is 5.32 Å². The number of amides is 1. The van der Waals surface area contributed by atoms with Gasteiger partial charge in [-0.25, -0.2) is 4.68 Å². The maximum atomic E-state index is 12.4. The van der Waals surface area contributed by atoms with Crippen molar-refractivity contribution in [2.75, 3.05) is 5.32 Å². The van der Waals surface area contributed by atoms with Crippen molar-refractivity contribution in [2.24, 2.45) is 0 Å². The minimum atomic E-state index is -0.160. The number of aryl methyl sites for hydroxylation is 1. The van der Waals surface area contributed by atoms with Crippen LogP contribution in [0.5, 0.6) is 0 Å². The van der Waals surface area contributed by atoms with E-state index in [0.717, 1.165) is 26.8 Å². The SMILES string of the molecule is Cc1cc(NC(=O)c2ccc3c(c2)nnn3C(C)C)ccc1Br. The highest BCUT2D eigenvalue weighted by molar-refractivity contribution is 9.10. The highest BCUT2D eigenvalue weighted by Gasteiger charge is 2.12. The molecule has 23 heavy (non-hydrogen) atoms. The van der Waals surface area contributed by atoms with E-state index in [1.165, 1.54) is 0 Å². The molecule has 0 spiro atoms. The first-order valence-electron chi connectivity index (χ1n) is 7.38. The van der Waals surface area contributed by atoms with E-state index in [-0.39, 0.29) is 11.9 Å². The summed E-state index contributed by atoms with van der Waals surface area (Å²) in [6.07, 6.45) is 0. The van der Waals surface area contributed by atoms with E-state index in [9.17, 15) is 4.79 Å². The lowest BCUT2D eigenvalue weighted by Gasteiger charge is -2.08. The largest absolute Gasteiger partial charge is 0.322 e. The van der Waals surface area contributed by atoms with Crippen LogP contribution in [0.15, 0.2) is 40.9 Å². The summed E-state index contributed by atoms with van der Waals surface area (Å²) in [7, 11) is 0. The van der Waals surface area contributed by atoms with Crippen molar-refractivity contribution >= 4 is 38.6 Å². The van der Waals surface area contributed by atoms with Crippen LogP contribution in [0.3, 0.4) is 0 Å². The number of aromatic nitrogens is 3. The smallest absolute Gasteiger partial charge is 0.255 e. The predicted octanol–water partition coefficient (Wildman–Crippen LogP) is 4.34. The lowest BCUT2D eigenvalue weighted by molar-refractivity contribution is 0.102. The van der Waals surface area contributed by atoms with Crippen LogP contribution in [0.2, 0.25) is 0 Å². The molecule has 0 saturated heterocycles. The average molecular weight is 373 g/mol. The van der Waals surface area contributed by atoms with Gasteiger partial charge in [-0.2, -0.15) is 0 Å². The molecule has 3 rings (SSSR count). The van der Waals surface area contributed by atoms with Gasteiger partial charge in [0.25, 0.3) is 5.91 Å². The van der Waals surface area contributed by atoms with E-state index in [0.29, 0.717) is 5.56 Å². The standard InChI is InChI=1S/C17H17BrN4O/c1-10(2)22-16-7-4-12(9-15(16)20-21-22)17(23)19-13-5-6-14(18)11(3)8-13/h4-10H,1-3H3,(H,19,23). The molecule has 0 aliphatic rings. The fourth-order valence-electron chi connectivity index (χ4n) is 2.39.